The summed E-state index contributed by atoms with van der Waals surface area (Å²) in [6.07, 6.45) is 5.19. The van der Waals surface area contributed by atoms with Crippen molar-refractivity contribution >= 4 is 17.1 Å². The third kappa shape index (κ3) is 4.12. The molecule has 1 aromatic carbocycles. The van der Waals surface area contributed by atoms with Gasteiger partial charge in [-0.1, -0.05) is 0 Å². The number of fused-ring (bicyclic) bond motifs is 1. The van der Waals surface area contributed by atoms with Gasteiger partial charge < -0.3 is 9.64 Å². The van der Waals surface area contributed by atoms with E-state index in [1.807, 2.05) is 17.8 Å². The van der Waals surface area contributed by atoms with Crippen molar-refractivity contribution in [1.82, 2.24) is 29.7 Å². The molecule has 4 aromatic rings. The number of nitrogens with zero attached hydrogens (tertiary/aromatic N) is 7. The van der Waals surface area contributed by atoms with Crippen molar-refractivity contribution in [2.75, 3.05) is 18.0 Å². The molecule has 0 bridgehead atoms. The van der Waals surface area contributed by atoms with E-state index in [1.54, 1.807) is 11.1 Å². The Morgan fingerprint density at radius 2 is 1.89 bits per heavy atom. The van der Waals surface area contributed by atoms with Crippen LogP contribution in [0.25, 0.3) is 22.4 Å². The van der Waals surface area contributed by atoms with Crippen molar-refractivity contribution < 1.29 is 21.7 Å². The van der Waals surface area contributed by atoms with Crippen molar-refractivity contribution in [3.8, 4) is 11.3 Å². The summed E-state index contributed by atoms with van der Waals surface area (Å²) in [5.41, 5.74) is -1.40. The van der Waals surface area contributed by atoms with E-state index in [-0.39, 0.29) is 34.5 Å². The molecule has 2 atom stereocenters. The molecule has 2 aliphatic rings. The number of halogens is 2. The van der Waals surface area contributed by atoms with Crippen molar-refractivity contribution in [1.29, 1.82) is 0 Å². The zero-order valence-electron chi connectivity index (χ0n) is 24.7. The van der Waals surface area contributed by atoms with Crippen molar-refractivity contribution in [3.63, 3.8) is 0 Å². The third-order valence-electron chi connectivity index (χ3n) is 6.16. The van der Waals surface area contributed by atoms with E-state index >= 15 is 4.39 Å². The smallest absolute Gasteiger partial charge is 0.228 e. The average molecular weight is 484 g/mol. The summed E-state index contributed by atoms with van der Waals surface area (Å²) < 4.78 is 84.2. The molecule has 1 saturated heterocycles. The summed E-state index contributed by atoms with van der Waals surface area (Å²) in [7, 11) is 0. The SMILES string of the molecule is [2H]C([2H])([2H])c1nc2nc(N3C[C@@H](C)O[C@H](c4cnn(C5CC5)c4)C3)nc(-c3ccc(F)cc3F)c2nc1C([2H])([2H])[2H]. The van der Waals surface area contributed by atoms with E-state index < -0.39 is 42.8 Å². The highest BCUT2D eigenvalue weighted by atomic mass is 19.1. The molecular weight excluding hydrogens is 452 g/mol. The van der Waals surface area contributed by atoms with Gasteiger partial charge in [-0.05, 0) is 45.6 Å². The summed E-state index contributed by atoms with van der Waals surface area (Å²) >= 11 is 0. The number of ether oxygens (including phenoxy) is 1. The van der Waals surface area contributed by atoms with Gasteiger partial charge in [0, 0.05) is 38.2 Å². The molecule has 0 spiro atoms. The van der Waals surface area contributed by atoms with E-state index in [0.717, 1.165) is 30.5 Å². The number of aryl methyl sites for hydroxylation is 2. The highest BCUT2D eigenvalue weighted by Gasteiger charge is 2.32. The lowest BCUT2D eigenvalue weighted by atomic mass is 10.1. The highest BCUT2D eigenvalue weighted by Crippen LogP contribution is 2.36. The number of aromatic nitrogens is 6. The maximum atomic E-state index is 15.1. The predicted molar refractivity (Wildman–Crippen MR) is 126 cm³/mol. The van der Waals surface area contributed by atoms with Gasteiger partial charge in [0.05, 0.1) is 36.3 Å². The van der Waals surface area contributed by atoms with Gasteiger partial charge in [-0.2, -0.15) is 10.1 Å². The highest BCUT2D eigenvalue weighted by molar-refractivity contribution is 5.88. The Kier molecular flexibility index (Phi) is 3.84. The van der Waals surface area contributed by atoms with Crippen LogP contribution in [0.15, 0.2) is 30.6 Å². The molecule has 8 nitrogen and oxygen atoms in total. The first-order chi connectivity index (χ1) is 19.3. The van der Waals surface area contributed by atoms with Gasteiger partial charge in [-0.3, -0.25) is 4.68 Å². The van der Waals surface area contributed by atoms with Gasteiger partial charge in [-0.15, -0.1) is 0 Å². The van der Waals surface area contributed by atoms with E-state index in [2.05, 4.69) is 25.0 Å². The van der Waals surface area contributed by atoms with Gasteiger partial charge in [0.25, 0.3) is 0 Å². The van der Waals surface area contributed by atoms with E-state index in [0.29, 0.717) is 25.2 Å². The Labute approximate surface area is 209 Å². The quantitative estimate of drug-likeness (QED) is 0.423. The summed E-state index contributed by atoms with van der Waals surface area (Å²) in [5, 5.41) is 4.45. The molecule has 1 aliphatic carbocycles. The number of morpholine rings is 1. The maximum Gasteiger partial charge on any atom is 0.228 e. The predicted octanol–water partition coefficient (Wildman–Crippen LogP) is 4.48. The van der Waals surface area contributed by atoms with Crippen LogP contribution in [0.2, 0.25) is 0 Å². The Balaban J connectivity index is 1.51. The Bertz CT molecular complexity index is 1640. The second kappa shape index (κ2) is 8.30. The zero-order valence-corrected chi connectivity index (χ0v) is 18.7. The molecule has 0 unspecified atom stereocenters. The van der Waals surface area contributed by atoms with Gasteiger partial charge in [0.15, 0.2) is 5.65 Å². The Hall–Kier alpha value is -3.53. The number of benzene rings is 1. The Morgan fingerprint density at radius 1 is 1.06 bits per heavy atom. The normalized spacial score (nSPS) is 23.8. The van der Waals surface area contributed by atoms with Gasteiger partial charge in [0.1, 0.15) is 28.9 Å². The van der Waals surface area contributed by atoms with Crippen LogP contribution in [0.4, 0.5) is 14.7 Å². The molecule has 10 heteroatoms. The lowest BCUT2D eigenvalue weighted by molar-refractivity contribution is -0.0178. The molecular formula is C25H25F2N7O. The minimum absolute atomic E-state index is 0.0818. The Morgan fingerprint density at radius 3 is 2.66 bits per heavy atom. The van der Waals surface area contributed by atoms with E-state index in [4.69, 9.17) is 13.0 Å². The first-order valence-electron chi connectivity index (χ1n) is 14.3. The van der Waals surface area contributed by atoms with Crippen LogP contribution < -0.4 is 4.90 Å². The minimum Gasteiger partial charge on any atom is -0.367 e. The van der Waals surface area contributed by atoms with Crippen LogP contribution in [-0.4, -0.2) is 48.9 Å². The standard InChI is InChI=1S/C25H25F2N7O/c1-13-10-33(12-21(35-13)16-9-28-34(11-16)18-5-6-18)25-31-22(19-7-4-17(26)8-20(19)27)23-24(32-25)30-15(3)14(2)29-23/h4,7-9,11,13,18,21H,5-6,10,12H2,1-3H3/t13-,21+/m1/s1/i2D3,3D3. The van der Waals surface area contributed by atoms with Crippen LogP contribution >= 0.6 is 0 Å². The first-order valence-corrected chi connectivity index (χ1v) is 11.3. The lowest BCUT2D eigenvalue weighted by Gasteiger charge is -2.36. The molecule has 1 saturated carbocycles. The molecule has 0 radical (unpaired) electrons. The van der Waals surface area contributed by atoms with Crippen molar-refractivity contribution in [3.05, 3.63) is 59.2 Å². The van der Waals surface area contributed by atoms with Crippen molar-refractivity contribution in [2.45, 2.75) is 51.7 Å². The molecule has 35 heavy (non-hydrogen) atoms. The number of rotatable bonds is 4. The van der Waals surface area contributed by atoms with Crippen LogP contribution in [0.3, 0.4) is 0 Å². The summed E-state index contributed by atoms with van der Waals surface area (Å²) in [6, 6.07) is 3.25. The summed E-state index contributed by atoms with van der Waals surface area (Å²) in [4.78, 5) is 19.1. The molecule has 180 valence electrons. The fourth-order valence-electron chi connectivity index (χ4n) is 4.30. The average Bonchev–Trinajstić information content (AvgIpc) is 3.62. The minimum atomic E-state index is -2.94. The first kappa shape index (κ1) is 16.2. The maximum absolute atomic E-state index is 15.1. The van der Waals surface area contributed by atoms with Crippen LogP contribution in [0.1, 0.15) is 57.1 Å². The molecule has 0 N–H and O–H groups in total. The molecule has 3 aromatic heterocycles. The molecule has 6 rings (SSSR count). The monoisotopic (exact) mass is 483 g/mol. The van der Waals surface area contributed by atoms with Gasteiger partial charge in [0.2, 0.25) is 5.95 Å². The number of anilines is 1. The van der Waals surface area contributed by atoms with Crippen molar-refractivity contribution in [2.24, 2.45) is 0 Å². The van der Waals surface area contributed by atoms with E-state index in [9.17, 15) is 4.39 Å². The van der Waals surface area contributed by atoms with Crippen LogP contribution in [-0.2, 0) is 4.74 Å². The third-order valence-corrected chi connectivity index (χ3v) is 6.16. The van der Waals surface area contributed by atoms with Gasteiger partial charge in [-0.25, -0.2) is 23.7 Å². The summed E-state index contributed by atoms with van der Waals surface area (Å²) in [6.45, 7) is -3.35. The second-order valence-corrected chi connectivity index (χ2v) is 8.91. The van der Waals surface area contributed by atoms with Crippen LogP contribution in [0.5, 0.6) is 0 Å². The van der Waals surface area contributed by atoms with Crippen LogP contribution in [0, 0.1) is 25.3 Å². The topological polar surface area (TPSA) is 81.9 Å². The fraction of sp³-hybridized carbons (Fsp3) is 0.400. The largest absolute Gasteiger partial charge is 0.367 e. The lowest BCUT2D eigenvalue weighted by Crippen LogP contribution is -2.43. The molecule has 2 fully saturated rings. The zero-order chi connectivity index (χ0) is 29.3. The summed E-state index contributed by atoms with van der Waals surface area (Å²) in [5.74, 6) is -1.70. The number of hydrogen-bond donors (Lipinski definition) is 0. The number of hydrogen-bond acceptors (Lipinski definition) is 7. The molecule has 4 heterocycles. The second-order valence-electron chi connectivity index (χ2n) is 8.91. The fourth-order valence-corrected chi connectivity index (χ4v) is 4.30. The molecule has 1 aliphatic heterocycles. The van der Waals surface area contributed by atoms with Gasteiger partial charge >= 0.3 is 0 Å². The van der Waals surface area contributed by atoms with E-state index in [1.165, 1.54) is 0 Å². The molecule has 0 amide bonds.